The van der Waals surface area contributed by atoms with E-state index in [1.807, 2.05) is 30.3 Å². The Morgan fingerprint density at radius 2 is 1.13 bits per heavy atom. The minimum Gasteiger partial charge on any atom is -0.382 e. The zero-order valence-electron chi connectivity index (χ0n) is 44.3. The predicted octanol–water partition coefficient (Wildman–Crippen LogP) is 11.2. The number of benzene rings is 2. The summed E-state index contributed by atoms with van der Waals surface area (Å²) in [5.41, 5.74) is 1.60. The quantitative estimate of drug-likeness (QED) is 0.0269. The molecule has 0 bridgehead atoms. The van der Waals surface area contributed by atoms with Crippen molar-refractivity contribution >= 4 is 22.0 Å². The maximum atomic E-state index is 14.1. The van der Waals surface area contributed by atoms with Gasteiger partial charge in [-0.25, -0.2) is 0 Å². The van der Waals surface area contributed by atoms with Crippen molar-refractivity contribution in [1.82, 2.24) is 0 Å². The molecule has 9 atom stereocenters. The Kier molecular flexibility index (Phi) is 33.6. The van der Waals surface area contributed by atoms with Gasteiger partial charge in [0.25, 0.3) is 0 Å². The lowest BCUT2D eigenvalue weighted by atomic mass is 9.94. The van der Waals surface area contributed by atoms with Crippen LogP contribution < -0.4 is 4.18 Å². The number of methoxy groups -OCH3 is 1. The summed E-state index contributed by atoms with van der Waals surface area (Å²) in [5, 5.41) is 0. The fourth-order valence-corrected chi connectivity index (χ4v) is 8.95. The van der Waals surface area contributed by atoms with Crippen LogP contribution in [0.25, 0.3) is 0 Å². The van der Waals surface area contributed by atoms with Crippen molar-refractivity contribution in [2.45, 2.75) is 200 Å². The Morgan fingerprint density at radius 1 is 0.586 bits per heavy atom. The first-order chi connectivity index (χ1) is 34.2. The molecular weight excluding hydrogens is 915 g/mol. The molecule has 402 valence electrons. The van der Waals surface area contributed by atoms with E-state index >= 15 is 0 Å². The third kappa shape index (κ3) is 24.0. The topological polar surface area (TPSA) is 148 Å². The maximum absolute atomic E-state index is 14.1. The molecule has 3 rings (SSSR count). The van der Waals surface area contributed by atoms with Crippen molar-refractivity contribution in [3.8, 4) is 5.75 Å². The van der Waals surface area contributed by atoms with Crippen molar-refractivity contribution in [1.29, 1.82) is 0 Å². The largest absolute Gasteiger partial charge is 0.382 e. The third-order valence-electron chi connectivity index (χ3n) is 12.0. The highest BCUT2D eigenvalue weighted by molar-refractivity contribution is 7.87. The average Bonchev–Trinajstić information content (AvgIpc) is 3.36. The molecule has 2 aromatic rings. The maximum Gasteiger partial charge on any atom is 0.311 e. The third-order valence-corrected chi connectivity index (χ3v) is 13.2. The summed E-state index contributed by atoms with van der Waals surface area (Å²) in [6.07, 6.45) is 7.81. The number of nitrogens with zero attached hydrogens (tertiary/aromatic N) is 1. The molecule has 1 saturated heterocycles. The Labute approximate surface area is 423 Å². The van der Waals surface area contributed by atoms with E-state index in [2.05, 4.69) is 53.5 Å². The number of unbranched alkanes of at least 4 members (excludes halogenated alkanes) is 7. The molecule has 1 aliphatic heterocycles. The van der Waals surface area contributed by atoms with Crippen LogP contribution in [0, 0.1) is 0 Å². The van der Waals surface area contributed by atoms with Crippen LogP contribution in [0.3, 0.4) is 0 Å². The van der Waals surface area contributed by atoms with E-state index in [4.69, 9.17) is 51.6 Å². The molecule has 0 radical (unpaired) electrons. The van der Waals surface area contributed by atoms with E-state index in [9.17, 15) is 8.42 Å². The molecule has 3 unspecified atom stereocenters. The van der Waals surface area contributed by atoms with Crippen molar-refractivity contribution in [2.75, 3.05) is 72.3 Å². The van der Waals surface area contributed by atoms with Gasteiger partial charge in [0.2, 0.25) is 0 Å². The van der Waals surface area contributed by atoms with Gasteiger partial charge in [0.15, 0.2) is 6.29 Å². The van der Waals surface area contributed by atoms with E-state index < -0.39 is 64.9 Å². The second-order valence-electron chi connectivity index (χ2n) is 18.1. The average molecular weight is 1010 g/mol. The first-order valence-corrected chi connectivity index (χ1v) is 28.4. The molecule has 15 heteroatoms. The minimum atomic E-state index is -4.25. The van der Waals surface area contributed by atoms with E-state index in [1.54, 1.807) is 37.6 Å². The van der Waals surface area contributed by atoms with Gasteiger partial charge in [-0.2, -0.15) is 8.42 Å². The fourth-order valence-electron chi connectivity index (χ4n) is 7.80. The molecule has 0 saturated carbocycles. The van der Waals surface area contributed by atoms with Crippen molar-refractivity contribution in [3.05, 3.63) is 60.2 Å². The summed E-state index contributed by atoms with van der Waals surface area (Å²) in [6.45, 7) is 18.9. The molecule has 0 amide bonds. The van der Waals surface area contributed by atoms with Crippen molar-refractivity contribution in [2.24, 2.45) is 4.99 Å². The molecule has 14 nitrogen and oxygen atoms in total. The normalized spacial score (nSPS) is 20.4. The Bertz CT molecular complexity index is 1690. The molecule has 2 aromatic carbocycles. The smallest absolute Gasteiger partial charge is 0.311 e. The van der Waals surface area contributed by atoms with Crippen LogP contribution in [-0.4, -0.2) is 142 Å². The Balaban J connectivity index is 2.08. The fraction of sp³-hybridized carbons (Fsp3) is 0.764. The number of aliphatic imine (C=N–C) groups is 1. The van der Waals surface area contributed by atoms with Crippen LogP contribution >= 0.6 is 0 Å². The lowest BCUT2D eigenvalue weighted by Gasteiger charge is -2.47. The monoisotopic (exact) mass is 1010 g/mol. The molecule has 0 N–H and O–H groups in total. The van der Waals surface area contributed by atoms with Gasteiger partial charge >= 0.3 is 10.1 Å². The van der Waals surface area contributed by atoms with E-state index in [0.29, 0.717) is 59.3 Å². The highest BCUT2D eigenvalue weighted by Crippen LogP contribution is 2.33. The highest BCUT2D eigenvalue weighted by atomic mass is 32.2. The van der Waals surface area contributed by atoms with Gasteiger partial charge in [-0.1, -0.05) is 112 Å². The van der Waals surface area contributed by atoms with Crippen LogP contribution in [-0.2, 0) is 57.5 Å². The number of hydrogen-bond acceptors (Lipinski definition) is 14. The van der Waals surface area contributed by atoms with Gasteiger partial charge in [-0.15, -0.1) is 0 Å². The number of rotatable bonds is 43. The highest BCUT2D eigenvalue weighted by Gasteiger charge is 2.52. The Hall–Kier alpha value is -2.54. The summed E-state index contributed by atoms with van der Waals surface area (Å²) < 4.78 is 101. The summed E-state index contributed by atoms with van der Waals surface area (Å²) in [7, 11) is -2.64. The molecular formula is C55H93NO13S. The van der Waals surface area contributed by atoms with Crippen LogP contribution in [0.2, 0.25) is 0 Å². The standard InChI is InChI=1S/C55H93NO13S/c1-9-16-33-60-40-32-47(62-35-18-11-3)50(63-36-19-12-4)54(66-39-22-15-7)55(59-8)68-52-48(42-61-34-17-10-2)67-49(51(64-37-20-13-5)53(52)65-38-21-14-6)43-70(57,58)69-46-30-28-44(29-31-46)41-56-45-26-24-23-25-27-45/h23-31,41,47-55H,9-22,32-40,42-43H2,1-8H3/t47-,48?,49+,50?,51-,52-,53?,54+,55+/m1/s1. The summed E-state index contributed by atoms with van der Waals surface area (Å²) in [5.74, 6) is -0.335. The van der Waals surface area contributed by atoms with E-state index in [0.717, 1.165) is 101 Å². The second-order valence-corrected chi connectivity index (χ2v) is 19.7. The van der Waals surface area contributed by atoms with Gasteiger partial charge in [0.1, 0.15) is 54.2 Å². The van der Waals surface area contributed by atoms with Crippen LogP contribution in [0.5, 0.6) is 5.75 Å². The lowest BCUT2D eigenvalue weighted by Crippen LogP contribution is -2.64. The Morgan fingerprint density at radius 3 is 1.73 bits per heavy atom. The van der Waals surface area contributed by atoms with Gasteiger partial charge in [0.05, 0.1) is 18.4 Å². The molecule has 1 heterocycles. The van der Waals surface area contributed by atoms with E-state index in [-0.39, 0.29) is 18.5 Å². The predicted molar refractivity (Wildman–Crippen MR) is 278 cm³/mol. The van der Waals surface area contributed by atoms with E-state index in [1.165, 1.54) is 0 Å². The van der Waals surface area contributed by atoms with Gasteiger partial charge in [-0.3, -0.25) is 4.99 Å². The number of hydrogen-bond donors (Lipinski definition) is 0. The zero-order chi connectivity index (χ0) is 50.7. The molecule has 1 aliphatic rings. The minimum absolute atomic E-state index is 0.107. The molecule has 1 fully saturated rings. The summed E-state index contributed by atoms with van der Waals surface area (Å²) >= 11 is 0. The SMILES string of the molecule is CCCCOCC[C@@H](OCCCC)C(OCCCC)[C@H](OCCCC)[C@@H](OC)O[C@@H]1C(COCCCC)O[C@@H](CS(=O)(=O)Oc2ccc(C=Nc3ccccc3)cc2)[C@@H](OCCCC)C1OCCCC. The molecule has 0 aromatic heterocycles. The molecule has 0 aliphatic carbocycles. The van der Waals surface area contributed by atoms with Gasteiger partial charge in [-0.05, 0) is 93.3 Å². The van der Waals surface area contributed by atoms with Gasteiger partial charge < -0.3 is 51.6 Å². The molecule has 70 heavy (non-hydrogen) atoms. The van der Waals surface area contributed by atoms with Gasteiger partial charge in [0, 0.05) is 66.2 Å². The first kappa shape index (κ1) is 61.8. The van der Waals surface area contributed by atoms with Crippen molar-refractivity contribution < 1.29 is 60.0 Å². The first-order valence-electron chi connectivity index (χ1n) is 26.9. The summed E-state index contributed by atoms with van der Waals surface area (Å²) in [4.78, 5) is 4.51. The van der Waals surface area contributed by atoms with Crippen LogP contribution in [0.15, 0.2) is 59.6 Å². The van der Waals surface area contributed by atoms with Crippen LogP contribution in [0.1, 0.15) is 150 Å². The number of para-hydroxylation sites is 1. The lowest BCUT2D eigenvalue weighted by molar-refractivity contribution is -0.316. The zero-order valence-corrected chi connectivity index (χ0v) is 45.1. The second kappa shape index (κ2) is 38.1. The number of ether oxygens (including phenoxy) is 10. The molecule has 0 spiro atoms. The van der Waals surface area contributed by atoms with Crippen LogP contribution in [0.4, 0.5) is 5.69 Å². The summed E-state index contributed by atoms with van der Waals surface area (Å²) in [6, 6.07) is 16.4. The van der Waals surface area contributed by atoms with Crippen molar-refractivity contribution in [3.63, 3.8) is 0 Å².